The molecule has 4 heteroatoms. The third-order valence-corrected chi connectivity index (χ3v) is 3.30. The largest absolute Gasteiger partial charge is 0.373 e. The fourth-order valence-corrected chi connectivity index (χ4v) is 2.26. The van der Waals surface area contributed by atoms with Gasteiger partial charge in [0.25, 0.3) is 0 Å². The van der Waals surface area contributed by atoms with Gasteiger partial charge in [-0.05, 0) is 23.3 Å². The molecular formula is C16H14N2O2. The van der Waals surface area contributed by atoms with Crippen LogP contribution >= 0.6 is 0 Å². The van der Waals surface area contributed by atoms with E-state index in [2.05, 4.69) is 10.6 Å². The molecule has 0 aromatic heterocycles. The first kappa shape index (κ1) is 12.4. The maximum Gasteiger partial charge on any atom is 0.249 e. The fraction of sp³-hybridized carbons (Fsp3) is 0.125. The van der Waals surface area contributed by atoms with Crippen LogP contribution in [0.25, 0.3) is 11.1 Å². The molecule has 1 aliphatic heterocycles. The molecule has 1 heterocycles. The number of carbonyl (C=O) groups is 2. The van der Waals surface area contributed by atoms with Gasteiger partial charge in [-0.2, -0.15) is 0 Å². The second-order valence-electron chi connectivity index (χ2n) is 4.76. The molecule has 20 heavy (non-hydrogen) atoms. The summed E-state index contributed by atoms with van der Waals surface area (Å²) >= 11 is 0. The van der Waals surface area contributed by atoms with Crippen LogP contribution in [0.1, 0.15) is 6.42 Å². The molecular weight excluding hydrogens is 252 g/mol. The van der Waals surface area contributed by atoms with Crippen LogP contribution in [0.3, 0.4) is 0 Å². The van der Waals surface area contributed by atoms with Gasteiger partial charge >= 0.3 is 0 Å². The van der Waals surface area contributed by atoms with Crippen molar-refractivity contribution in [3.05, 3.63) is 54.6 Å². The van der Waals surface area contributed by atoms with E-state index in [1.807, 2.05) is 54.6 Å². The van der Waals surface area contributed by atoms with Gasteiger partial charge < -0.3 is 5.32 Å². The smallest absolute Gasteiger partial charge is 0.249 e. The minimum absolute atomic E-state index is 0.194. The molecule has 0 bridgehead atoms. The van der Waals surface area contributed by atoms with Crippen molar-refractivity contribution in [2.75, 3.05) is 5.32 Å². The van der Waals surface area contributed by atoms with Crippen LogP contribution in [-0.2, 0) is 9.59 Å². The SMILES string of the molecule is O=C1CC(Nc2ccc(-c3ccccc3)cc2)C(=O)N1. The average Bonchev–Trinajstić information content (AvgIpc) is 2.79. The van der Waals surface area contributed by atoms with Crippen molar-refractivity contribution in [2.45, 2.75) is 12.5 Å². The van der Waals surface area contributed by atoms with Gasteiger partial charge in [0.2, 0.25) is 11.8 Å². The van der Waals surface area contributed by atoms with E-state index in [4.69, 9.17) is 0 Å². The lowest BCUT2D eigenvalue weighted by atomic mass is 10.1. The van der Waals surface area contributed by atoms with Crippen LogP contribution in [0.5, 0.6) is 0 Å². The Morgan fingerprint density at radius 2 is 1.55 bits per heavy atom. The molecule has 1 aliphatic rings. The molecule has 1 atom stereocenters. The summed E-state index contributed by atoms with van der Waals surface area (Å²) in [6.07, 6.45) is 0.194. The van der Waals surface area contributed by atoms with Crippen LogP contribution in [0.15, 0.2) is 54.6 Å². The number of anilines is 1. The summed E-state index contributed by atoms with van der Waals surface area (Å²) in [4.78, 5) is 22.6. The third-order valence-electron chi connectivity index (χ3n) is 3.30. The summed E-state index contributed by atoms with van der Waals surface area (Å²) in [7, 11) is 0. The number of imide groups is 1. The zero-order valence-electron chi connectivity index (χ0n) is 10.8. The lowest BCUT2D eigenvalue weighted by Gasteiger charge is -2.11. The molecule has 2 N–H and O–H groups in total. The van der Waals surface area contributed by atoms with Gasteiger partial charge in [0.05, 0.1) is 6.42 Å². The molecule has 0 saturated carbocycles. The molecule has 1 saturated heterocycles. The molecule has 4 nitrogen and oxygen atoms in total. The van der Waals surface area contributed by atoms with Gasteiger partial charge in [-0.3, -0.25) is 14.9 Å². The highest BCUT2D eigenvalue weighted by Gasteiger charge is 2.30. The van der Waals surface area contributed by atoms with E-state index in [0.29, 0.717) is 0 Å². The molecule has 1 unspecified atom stereocenters. The molecule has 0 aliphatic carbocycles. The highest BCUT2D eigenvalue weighted by Crippen LogP contribution is 2.22. The standard InChI is InChI=1S/C16H14N2O2/c19-15-10-14(16(20)18-15)17-13-8-6-12(7-9-13)11-4-2-1-3-5-11/h1-9,14,17H,10H2,(H,18,19,20). The van der Waals surface area contributed by atoms with Gasteiger partial charge in [0, 0.05) is 5.69 Å². The van der Waals surface area contributed by atoms with Crippen molar-refractivity contribution >= 4 is 17.5 Å². The summed E-state index contributed by atoms with van der Waals surface area (Å²) in [5.41, 5.74) is 3.09. The molecule has 2 aromatic carbocycles. The number of carbonyl (C=O) groups excluding carboxylic acids is 2. The highest BCUT2D eigenvalue weighted by molar-refractivity contribution is 6.06. The Bertz CT molecular complexity index is 635. The Morgan fingerprint density at radius 3 is 2.15 bits per heavy atom. The Labute approximate surface area is 116 Å². The highest BCUT2D eigenvalue weighted by atomic mass is 16.2. The molecule has 1 fully saturated rings. The van der Waals surface area contributed by atoms with Crippen LogP contribution in [-0.4, -0.2) is 17.9 Å². The van der Waals surface area contributed by atoms with E-state index in [-0.39, 0.29) is 18.2 Å². The lowest BCUT2D eigenvalue weighted by molar-refractivity contribution is -0.124. The second kappa shape index (κ2) is 5.17. The van der Waals surface area contributed by atoms with E-state index >= 15 is 0 Å². The van der Waals surface area contributed by atoms with Crippen molar-refractivity contribution in [1.29, 1.82) is 0 Å². The Kier molecular flexibility index (Phi) is 3.21. The fourth-order valence-electron chi connectivity index (χ4n) is 2.26. The zero-order valence-corrected chi connectivity index (χ0v) is 10.8. The first-order chi connectivity index (χ1) is 9.72. The summed E-state index contributed by atoms with van der Waals surface area (Å²) in [6.45, 7) is 0. The van der Waals surface area contributed by atoms with Crippen molar-refractivity contribution in [3.8, 4) is 11.1 Å². The summed E-state index contributed by atoms with van der Waals surface area (Å²) in [6, 6.07) is 17.4. The predicted octanol–water partition coefficient (Wildman–Crippen LogP) is 2.18. The Balaban J connectivity index is 1.74. The minimum atomic E-state index is -0.468. The number of rotatable bonds is 3. The monoisotopic (exact) mass is 266 g/mol. The third kappa shape index (κ3) is 2.54. The van der Waals surface area contributed by atoms with Crippen molar-refractivity contribution in [2.24, 2.45) is 0 Å². The summed E-state index contributed by atoms with van der Waals surface area (Å²) in [5, 5.41) is 5.35. The number of benzene rings is 2. The number of hydrogen-bond acceptors (Lipinski definition) is 3. The molecule has 0 spiro atoms. The van der Waals surface area contributed by atoms with Crippen LogP contribution in [0.4, 0.5) is 5.69 Å². The van der Waals surface area contributed by atoms with E-state index < -0.39 is 6.04 Å². The van der Waals surface area contributed by atoms with Crippen molar-refractivity contribution < 1.29 is 9.59 Å². The molecule has 100 valence electrons. The Hall–Kier alpha value is -2.62. The van der Waals surface area contributed by atoms with E-state index in [1.165, 1.54) is 0 Å². The minimum Gasteiger partial charge on any atom is -0.373 e. The maximum atomic E-state index is 11.5. The summed E-state index contributed by atoms with van der Waals surface area (Å²) < 4.78 is 0. The van der Waals surface area contributed by atoms with Crippen LogP contribution in [0.2, 0.25) is 0 Å². The maximum absolute atomic E-state index is 11.5. The van der Waals surface area contributed by atoms with Gasteiger partial charge in [-0.25, -0.2) is 0 Å². The molecule has 2 amide bonds. The zero-order chi connectivity index (χ0) is 13.9. The van der Waals surface area contributed by atoms with Crippen molar-refractivity contribution in [3.63, 3.8) is 0 Å². The number of hydrogen-bond donors (Lipinski definition) is 2. The number of amides is 2. The van der Waals surface area contributed by atoms with E-state index in [0.717, 1.165) is 16.8 Å². The van der Waals surface area contributed by atoms with Crippen LogP contribution in [0, 0.1) is 0 Å². The normalized spacial score (nSPS) is 17.9. The average molecular weight is 266 g/mol. The summed E-state index contributed by atoms with van der Waals surface area (Å²) in [5.74, 6) is -0.490. The van der Waals surface area contributed by atoms with E-state index in [9.17, 15) is 9.59 Å². The van der Waals surface area contributed by atoms with Gasteiger partial charge in [-0.1, -0.05) is 42.5 Å². The molecule has 3 rings (SSSR count). The van der Waals surface area contributed by atoms with Crippen molar-refractivity contribution in [1.82, 2.24) is 5.32 Å². The van der Waals surface area contributed by atoms with E-state index in [1.54, 1.807) is 0 Å². The van der Waals surface area contributed by atoms with Gasteiger partial charge in [-0.15, -0.1) is 0 Å². The first-order valence-electron chi connectivity index (χ1n) is 6.48. The second-order valence-corrected chi connectivity index (χ2v) is 4.76. The lowest BCUT2D eigenvalue weighted by Crippen LogP contribution is -2.29. The first-order valence-corrected chi connectivity index (χ1v) is 6.48. The van der Waals surface area contributed by atoms with Gasteiger partial charge in [0.15, 0.2) is 0 Å². The predicted molar refractivity (Wildman–Crippen MR) is 77.1 cm³/mol. The topological polar surface area (TPSA) is 58.2 Å². The molecule has 0 radical (unpaired) electrons. The molecule has 2 aromatic rings. The number of nitrogens with one attached hydrogen (secondary N) is 2. The Morgan fingerprint density at radius 1 is 0.900 bits per heavy atom. The quantitative estimate of drug-likeness (QED) is 0.837. The van der Waals surface area contributed by atoms with Gasteiger partial charge in [0.1, 0.15) is 6.04 Å². The van der Waals surface area contributed by atoms with Crippen LogP contribution < -0.4 is 10.6 Å².